The summed E-state index contributed by atoms with van der Waals surface area (Å²) in [5.41, 5.74) is 5.71. The minimum atomic E-state index is -0.535. The number of para-hydroxylation sites is 2. The van der Waals surface area contributed by atoms with Crippen LogP contribution in [0.2, 0.25) is 0 Å². The summed E-state index contributed by atoms with van der Waals surface area (Å²) < 4.78 is 15.7. The molecule has 0 aliphatic carbocycles. The molecule has 0 aliphatic rings. The van der Waals surface area contributed by atoms with Crippen LogP contribution in [0.1, 0.15) is 13.3 Å². The standard InChI is InChI=1S/C15H23NO4S/c1-3-19-15(17)12(16)8-10-21-11-9-20-14-7-5-4-6-13(14)18-2/h4-7,12H,3,8-11,16H2,1-2H3. The zero-order chi connectivity index (χ0) is 15.5. The van der Waals surface area contributed by atoms with Gasteiger partial charge >= 0.3 is 5.97 Å². The zero-order valence-corrected chi connectivity index (χ0v) is 13.4. The van der Waals surface area contributed by atoms with Crippen LogP contribution in [0, 0.1) is 0 Å². The fourth-order valence-corrected chi connectivity index (χ4v) is 2.45. The second kappa shape index (κ2) is 10.3. The molecule has 0 spiro atoms. The van der Waals surface area contributed by atoms with Gasteiger partial charge in [-0.05, 0) is 31.2 Å². The number of esters is 1. The SMILES string of the molecule is CCOC(=O)C(N)CCSCCOc1ccccc1OC. The molecule has 0 aromatic heterocycles. The largest absolute Gasteiger partial charge is 0.493 e. The van der Waals surface area contributed by atoms with Crippen molar-refractivity contribution >= 4 is 17.7 Å². The summed E-state index contributed by atoms with van der Waals surface area (Å²) in [7, 11) is 1.62. The van der Waals surface area contributed by atoms with Gasteiger partial charge in [-0.2, -0.15) is 11.8 Å². The molecule has 5 nitrogen and oxygen atoms in total. The number of thioether (sulfide) groups is 1. The van der Waals surface area contributed by atoms with Crippen LogP contribution in [0.5, 0.6) is 11.5 Å². The number of carbonyl (C=O) groups excluding carboxylic acids is 1. The van der Waals surface area contributed by atoms with E-state index in [4.69, 9.17) is 19.9 Å². The van der Waals surface area contributed by atoms with Gasteiger partial charge < -0.3 is 19.9 Å². The molecule has 118 valence electrons. The third-order valence-electron chi connectivity index (χ3n) is 2.72. The van der Waals surface area contributed by atoms with Crippen molar-refractivity contribution in [1.29, 1.82) is 0 Å². The van der Waals surface area contributed by atoms with Crippen LogP contribution in [0.4, 0.5) is 0 Å². The number of methoxy groups -OCH3 is 1. The molecule has 0 amide bonds. The van der Waals surface area contributed by atoms with Crippen molar-refractivity contribution in [3.05, 3.63) is 24.3 Å². The first kappa shape index (κ1) is 17.7. The van der Waals surface area contributed by atoms with Crippen molar-refractivity contribution in [2.75, 3.05) is 31.8 Å². The van der Waals surface area contributed by atoms with Gasteiger partial charge in [-0.15, -0.1) is 0 Å². The number of nitrogens with two attached hydrogens (primary N) is 1. The molecular weight excluding hydrogens is 290 g/mol. The normalized spacial score (nSPS) is 11.8. The van der Waals surface area contributed by atoms with Crippen LogP contribution in [-0.2, 0) is 9.53 Å². The van der Waals surface area contributed by atoms with Gasteiger partial charge in [-0.3, -0.25) is 4.79 Å². The molecule has 0 bridgehead atoms. The highest BCUT2D eigenvalue weighted by atomic mass is 32.2. The van der Waals surface area contributed by atoms with Crippen molar-refractivity contribution in [3.8, 4) is 11.5 Å². The Morgan fingerprint density at radius 3 is 2.67 bits per heavy atom. The molecule has 0 fully saturated rings. The van der Waals surface area contributed by atoms with E-state index in [0.717, 1.165) is 23.0 Å². The van der Waals surface area contributed by atoms with Gasteiger partial charge in [-0.1, -0.05) is 12.1 Å². The average molecular weight is 313 g/mol. The molecule has 1 aromatic carbocycles. The third-order valence-corrected chi connectivity index (χ3v) is 3.70. The second-order valence-electron chi connectivity index (χ2n) is 4.26. The lowest BCUT2D eigenvalue weighted by Gasteiger charge is -2.11. The van der Waals surface area contributed by atoms with E-state index in [2.05, 4.69) is 0 Å². The first-order valence-electron chi connectivity index (χ1n) is 6.94. The zero-order valence-electron chi connectivity index (χ0n) is 12.5. The van der Waals surface area contributed by atoms with E-state index >= 15 is 0 Å². The van der Waals surface area contributed by atoms with E-state index in [9.17, 15) is 4.79 Å². The summed E-state index contributed by atoms with van der Waals surface area (Å²) in [5, 5.41) is 0. The molecule has 0 saturated carbocycles. The molecule has 1 unspecified atom stereocenters. The number of carbonyl (C=O) groups is 1. The molecule has 2 N–H and O–H groups in total. The summed E-state index contributed by atoms with van der Waals surface area (Å²) >= 11 is 1.70. The van der Waals surface area contributed by atoms with Crippen molar-refractivity contribution in [3.63, 3.8) is 0 Å². The molecule has 0 saturated heterocycles. The van der Waals surface area contributed by atoms with Gasteiger partial charge in [0.1, 0.15) is 6.04 Å². The average Bonchev–Trinajstić information content (AvgIpc) is 2.51. The minimum Gasteiger partial charge on any atom is -0.493 e. The van der Waals surface area contributed by atoms with Crippen LogP contribution >= 0.6 is 11.8 Å². The Balaban J connectivity index is 2.13. The fourth-order valence-electron chi connectivity index (χ4n) is 1.63. The summed E-state index contributed by atoms with van der Waals surface area (Å²) in [6, 6.07) is 7.01. The predicted molar refractivity (Wildman–Crippen MR) is 85.0 cm³/mol. The molecule has 1 rings (SSSR count). The van der Waals surface area contributed by atoms with Crippen LogP contribution in [0.3, 0.4) is 0 Å². The highest BCUT2D eigenvalue weighted by molar-refractivity contribution is 7.99. The Morgan fingerprint density at radius 1 is 1.29 bits per heavy atom. The molecule has 1 atom stereocenters. The van der Waals surface area contributed by atoms with Gasteiger partial charge in [0.2, 0.25) is 0 Å². The summed E-state index contributed by atoms with van der Waals surface area (Å²) in [6.07, 6.45) is 0.609. The van der Waals surface area contributed by atoms with E-state index < -0.39 is 6.04 Å². The first-order valence-corrected chi connectivity index (χ1v) is 8.10. The maximum absolute atomic E-state index is 11.3. The quantitative estimate of drug-likeness (QED) is 0.527. The smallest absolute Gasteiger partial charge is 0.322 e. The summed E-state index contributed by atoms with van der Waals surface area (Å²) in [4.78, 5) is 11.3. The van der Waals surface area contributed by atoms with Crippen molar-refractivity contribution in [1.82, 2.24) is 0 Å². The van der Waals surface area contributed by atoms with Gasteiger partial charge in [0.25, 0.3) is 0 Å². The third kappa shape index (κ3) is 6.73. The van der Waals surface area contributed by atoms with Crippen molar-refractivity contribution in [2.45, 2.75) is 19.4 Å². The number of benzene rings is 1. The van der Waals surface area contributed by atoms with Gasteiger partial charge in [0.15, 0.2) is 11.5 Å². The van der Waals surface area contributed by atoms with Crippen LogP contribution in [0.15, 0.2) is 24.3 Å². The Morgan fingerprint density at radius 2 is 2.00 bits per heavy atom. The second-order valence-corrected chi connectivity index (χ2v) is 5.48. The number of rotatable bonds is 10. The number of hydrogen-bond acceptors (Lipinski definition) is 6. The van der Waals surface area contributed by atoms with Crippen LogP contribution < -0.4 is 15.2 Å². The van der Waals surface area contributed by atoms with Gasteiger partial charge in [-0.25, -0.2) is 0 Å². The molecule has 0 aliphatic heterocycles. The Hall–Kier alpha value is -1.40. The van der Waals surface area contributed by atoms with Crippen molar-refractivity contribution < 1.29 is 19.0 Å². The highest BCUT2D eigenvalue weighted by Gasteiger charge is 2.13. The minimum absolute atomic E-state index is 0.330. The number of ether oxygens (including phenoxy) is 3. The van der Waals surface area contributed by atoms with Crippen LogP contribution in [-0.4, -0.2) is 43.8 Å². The number of hydrogen-bond donors (Lipinski definition) is 1. The Bertz CT molecular complexity index is 428. The van der Waals surface area contributed by atoms with Crippen LogP contribution in [0.25, 0.3) is 0 Å². The summed E-state index contributed by atoms with van der Waals surface area (Å²) in [6.45, 7) is 2.72. The lowest BCUT2D eigenvalue weighted by molar-refractivity contribution is -0.144. The van der Waals surface area contributed by atoms with Crippen molar-refractivity contribution in [2.24, 2.45) is 5.73 Å². The Kier molecular flexibility index (Phi) is 8.69. The van der Waals surface area contributed by atoms with E-state index in [-0.39, 0.29) is 5.97 Å². The maximum atomic E-state index is 11.3. The summed E-state index contributed by atoms with van der Waals surface area (Å²) in [5.74, 6) is 2.77. The molecule has 1 aromatic rings. The molecular formula is C15H23NO4S. The monoisotopic (exact) mass is 313 g/mol. The topological polar surface area (TPSA) is 70.8 Å². The lowest BCUT2D eigenvalue weighted by atomic mass is 10.2. The van der Waals surface area contributed by atoms with E-state index in [1.54, 1.807) is 25.8 Å². The molecule has 21 heavy (non-hydrogen) atoms. The van der Waals surface area contributed by atoms with E-state index in [0.29, 0.717) is 19.6 Å². The first-order chi connectivity index (χ1) is 10.2. The predicted octanol–water partition coefficient (Wildman–Crippen LogP) is 2.09. The molecule has 0 heterocycles. The lowest BCUT2D eigenvalue weighted by Crippen LogP contribution is -2.32. The van der Waals surface area contributed by atoms with Gasteiger partial charge in [0, 0.05) is 5.75 Å². The molecule has 6 heteroatoms. The molecule has 0 radical (unpaired) electrons. The van der Waals surface area contributed by atoms with E-state index in [1.165, 1.54) is 0 Å². The Labute approximate surface area is 130 Å². The highest BCUT2D eigenvalue weighted by Crippen LogP contribution is 2.25. The maximum Gasteiger partial charge on any atom is 0.322 e. The van der Waals surface area contributed by atoms with E-state index in [1.807, 2.05) is 24.3 Å². The fraction of sp³-hybridized carbons (Fsp3) is 0.533. The van der Waals surface area contributed by atoms with Gasteiger partial charge in [0.05, 0.1) is 20.3 Å².